The first kappa shape index (κ1) is 15.8. The topological polar surface area (TPSA) is 0 Å². The summed E-state index contributed by atoms with van der Waals surface area (Å²) in [5, 5.41) is 0. The van der Waals surface area contributed by atoms with Crippen LogP contribution in [0.2, 0.25) is 0 Å². The van der Waals surface area contributed by atoms with Crippen molar-refractivity contribution in [2.75, 3.05) is 0 Å². The number of benzene rings is 2. The van der Waals surface area contributed by atoms with Crippen molar-refractivity contribution < 1.29 is 0 Å². The van der Waals surface area contributed by atoms with Crippen LogP contribution >= 0.6 is 0 Å². The van der Waals surface area contributed by atoms with Crippen LogP contribution in [0.25, 0.3) is 0 Å². The maximum atomic E-state index is 2.38. The third-order valence-corrected chi connectivity index (χ3v) is 4.10. The average Bonchev–Trinajstić information content (AvgIpc) is 2.48. The van der Waals surface area contributed by atoms with E-state index in [1.54, 1.807) is 0 Å². The van der Waals surface area contributed by atoms with E-state index in [-0.39, 0.29) is 0 Å². The second kappa shape index (κ2) is 8.02. The van der Waals surface area contributed by atoms with Gasteiger partial charge >= 0.3 is 0 Å². The molecule has 0 bridgehead atoms. The molecular formula is C21H28. The Morgan fingerprint density at radius 1 is 0.667 bits per heavy atom. The van der Waals surface area contributed by atoms with Gasteiger partial charge in [0.05, 0.1) is 0 Å². The van der Waals surface area contributed by atoms with Gasteiger partial charge in [0.15, 0.2) is 0 Å². The molecule has 1 atom stereocenters. The molecule has 0 fully saturated rings. The van der Waals surface area contributed by atoms with Gasteiger partial charge in [0.1, 0.15) is 0 Å². The molecule has 0 nitrogen and oxygen atoms in total. The number of hydrogen-bond acceptors (Lipinski definition) is 0. The van der Waals surface area contributed by atoms with Crippen molar-refractivity contribution in [2.24, 2.45) is 11.8 Å². The largest absolute Gasteiger partial charge is 0.0628 e. The molecule has 0 aliphatic carbocycles. The van der Waals surface area contributed by atoms with Crippen LogP contribution in [0.3, 0.4) is 0 Å². The molecule has 21 heavy (non-hydrogen) atoms. The summed E-state index contributed by atoms with van der Waals surface area (Å²) in [6.07, 6.45) is 4.92. The summed E-state index contributed by atoms with van der Waals surface area (Å²) >= 11 is 0. The first-order valence-electron chi connectivity index (χ1n) is 8.25. The van der Waals surface area contributed by atoms with Crippen LogP contribution in [0, 0.1) is 11.8 Å². The molecule has 2 rings (SSSR count). The van der Waals surface area contributed by atoms with Gasteiger partial charge < -0.3 is 0 Å². The lowest BCUT2D eigenvalue weighted by Gasteiger charge is -2.13. The minimum atomic E-state index is 0.785. The Balaban J connectivity index is 1.87. The Hall–Kier alpha value is -1.56. The lowest BCUT2D eigenvalue weighted by Crippen LogP contribution is -2.02. The van der Waals surface area contributed by atoms with Crippen LogP contribution in [0.15, 0.2) is 54.6 Å². The Morgan fingerprint density at radius 2 is 1.24 bits per heavy atom. The normalized spacial score (nSPS) is 12.6. The van der Waals surface area contributed by atoms with Gasteiger partial charge in [-0.05, 0) is 41.4 Å². The molecule has 1 unspecified atom stereocenters. The predicted octanol–water partition coefficient (Wildman–Crippen LogP) is 5.89. The van der Waals surface area contributed by atoms with Crippen molar-refractivity contribution in [1.82, 2.24) is 0 Å². The lowest BCUT2D eigenvalue weighted by atomic mass is 9.93. The second-order valence-corrected chi connectivity index (χ2v) is 6.76. The van der Waals surface area contributed by atoms with E-state index >= 15 is 0 Å². The molecule has 0 aliphatic rings. The molecule has 0 amide bonds. The van der Waals surface area contributed by atoms with Gasteiger partial charge in [-0.2, -0.15) is 0 Å². The fourth-order valence-electron chi connectivity index (χ4n) is 2.75. The predicted molar refractivity (Wildman–Crippen MR) is 92.6 cm³/mol. The molecule has 0 saturated carbocycles. The van der Waals surface area contributed by atoms with Crippen molar-refractivity contribution in [3.8, 4) is 0 Å². The highest BCUT2D eigenvalue weighted by Gasteiger charge is 2.05. The van der Waals surface area contributed by atoms with E-state index in [0.717, 1.165) is 18.3 Å². The third-order valence-electron chi connectivity index (χ3n) is 4.10. The van der Waals surface area contributed by atoms with Gasteiger partial charge in [-0.3, -0.25) is 0 Å². The van der Waals surface area contributed by atoms with Crippen molar-refractivity contribution >= 4 is 0 Å². The van der Waals surface area contributed by atoms with Crippen LogP contribution in [0.4, 0.5) is 0 Å². The summed E-state index contributed by atoms with van der Waals surface area (Å²) in [4.78, 5) is 0. The minimum Gasteiger partial charge on any atom is -0.0628 e. The molecule has 0 heterocycles. The maximum Gasteiger partial charge on any atom is -0.00258 e. The van der Waals surface area contributed by atoms with E-state index < -0.39 is 0 Å². The highest BCUT2D eigenvalue weighted by atomic mass is 14.1. The third kappa shape index (κ3) is 5.75. The average molecular weight is 280 g/mol. The maximum absolute atomic E-state index is 2.38. The molecule has 0 spiro atoms. The van der Waals surface area contributed by atoms with Gasteiger partial charge in [-0.25, -0.2) is 0 Å². The molecule has 2 aromatic carbocycles. The van der Waals surface area contributed by atoms with Gasteiger partial charge in [0.25, 0.3) is 0 Å². The van der Waals surface area contributed by atoms with Gasteiger partial charge in [0.2, 0.25) is 0 Å². The van der Waals surface area contributed by atoms with E-state index in [4.69, 9.17) is 0 Å². The highest BCUT2D eigenvalue weighted by Crippen LogP contribution is 2.18. The first-order valence-corrected chi connectivity index (χ1v) is 8.25. The monoisotopic (exact) mass is 280 g/mol. The Kier molecular flexibility index (Phi) is 6.04. The van der Waals surface area contributed by atoms with Crippen molar-refractivity contribution in [3.05, 3.63) is 71.3 Å². The van der Waals surface area contributed by atoms with Crippen LogP contribution in [0.5, 0.6) is 0 Å². The molecular weight excluding hydrogens is 252 g/mol. The zero-order valence-corrected chi connectivity index (χ0v) is 13.7. The van der Waals surface area contributed by atoms with Crippen molar-refractivity contribution in [3.63, 3.8) is 0 Å². The summed E-state index contributed by atoms with van der Waals surface area (Å²) in [6.45, 7) is 7.00. The number of rotatable bonds is 7. The fourth-order valence-corrected chi connectivity index (χ4v) is 2.75. The van der Waals surface area contributed by atoms with E-state index in [2.05, 4.69) is 75.4 Å². The summed E-state index contributed by atoms with van der Waals surface area (Å²) in [5.74, 6) is 1.60. The molecule has 0 radical (unpaired) electrons. The van der Waals surface area contributed by atoms with Gasteiger partial charge in [-0.15, -0.1) is 0 Å². The van der Waals surface area contributed by atoms with Gasteiger partial charge in [0, 0.05) is 0 Å². The first-order chi connectivity index (χ1) is 10.1. The Labute approximate surface area is 130 Å². The fraction of sp³-hybridized carbons (Fsp3) is 0.429. The molecule has 0 saturated heterocycles. The van der Waals surface area contributed by atoms with Gasteiger partial charge in [-0.1, -0.05) is 88.2 Å². The SMILES string of the molecule is CC(C)CCC(C)Cc1ccc(Cc2ccccc2)cc1. The van der Waals surface area contributed by atoms with Crippen LogP contribution in [-0.2, 0) is 12.8 Å². The van der Waals surface area contributed by atoms with Crippen LogP contribution < -0.4 is 0 Å². The zero-order chi connectivity index (χ0) is 15.1. The quantitative estimate of drug-likeness (QED) is 0.593. The Bertz CT molecular complexity index is 507. The standard InChI is InChI=1S/C21H28/c1-17(2)9-10-18(3)15-20-11-13-21(14-12-20)16-19-7-5-4-6-8-19/h4-8,11-14,17-18H,9-10,15-16H2,1-3H3. The molecule has 112 valence electrons. The van der Waals surface area contributed by atoms with E-state index in [0.29, 0.717) is 0 Å². The summed E-state index contributed by atoms with van der Waals surface area (Å²) < 4.78 is 0. The molecule has 2 aromatic rings. The van der Waals surface area contributed by atoms with Crippen LogP contribution in [0.1, 0.15) is 50.3 Å². The van der Waals surface area contributed by atoms with Crippen LogP contribution in [-0.4, -0.2) is 0 Å². The molecule has 0 aliphatic heterocycles. The minimum absolute atomic E-state index is 0.785. The second-order valence-electron chi connectivity index (χ2n) is 6.76. The molecule has 0 N–H and O–H groups in total. The highest BCUT2D eigenvalue weighted by molar-refractivity contribution is 5.28. The van der Waals surface area contributed by atoms with E-state index in [1.807, 2.05) is 0 Å². The number of hydrogen-bond donors (Lipinski definition) is 0. The summed E-state index contributed by atoms with van der Waals surface area (Å²) in [5.41, 5.74) is 4.26. The van der Waals surface area contributed by atoms with Crippen molar-refractivity contribution in [2.45, 2.75) is 46.5 Å². The smallest absolute Gasteiger partial charge is 0.00258 e. The molecule has 0 aromatic heterocycles. The zero-order valence-electron chi connectivity index (χ0n) is 13.7. The summed E-state index contributed by atoms with van der Waals surface area (Å²) in [7, 11) is 0. The lowest BCUT2D eigenvalue weighted by molar-refractivity contribution is 0.448. The van der Waals surface area contributed by atoms with E-state index in [9.17, 15) is 0 Å². The summed E-state index contributed by atoms with van der Waals surface area (Å²) in [6, 6.07) is 19.9. The Morgan fingerprint density at radius 3 is 1.86 bits per heavy atom. The van der Waals surface area contributed by atoms with Crippen molar-refractivity contribution in [1.29, 1.82) is 0 Å². The molecule has 0 heteroatoms. The van der Waals surface area contributed by atoms with E-state index in [1.165, 1.54) is 36.0 Å².